The van der Waals surface area contributed by atoms with Gasteiger partial charge in [-0.05, 0) is 52.2 Å². The van der Waals surface area contributed by atoms with Gasteiger partial charge in [0.15, 0.2) is 11.5 Å². The molecule has 9 heteroatoms. The summed E-state index contributed by atoms with van der Waals surface area (Å²) < 4.78 is 1.71. The molecule has 0 atom stereocenters. The third-order valence-corrected chi connectivity index (χ3v) is 6.64. The van der Waals surface area contributed by atoms with Crippen molar-refractivity contribution in [3.63, 3.8) is 0 Å². The van der Waals surface area contributed by atoms with Gasteiger partial charge in [-0.2, -0.15) is 4.98 Å². The molecule has 0 spiro atoms. The molecule has 4 heterocycles. The summed E-state index contributed by atoms with van der Waals surface area (Å²) in [5.74, 6) is 1.07. The van der Waals surface area contributed by atoms with Crippen molar-refractivity contribution in [2.24, 2.45) is 10.4 Å². The molecule has 1 amide bonds. The van der Waals surface area contributed by atoms with E-state index in [1.54, 1.807) is 23.0 Å². The zero-order chi connectivity index (χ0) is 23.9. The molecule has 9 nitrogen and oxygen atoms in total. The third kappa shape index (κ3) is 4.27. The molecular weight excluding hydrogens is 416 g/mol. The summed E-state index contributed by atoms with van der Waals surface area (Å²) >= 11 is 0. The van der Waals surface area contributed by atoms with Gasteiger partial charge < -0.3 is 15.1 Å². The summed E-state index contributed by atoms with van der Waals surface area (Å²) in [6.07, 6.45) is 7.38. The van der Waals surface area contributed by atoms with Gasteiger partial charge in [-0.25, -0.2) is 14.5 Å². The molecule has 2 aliphatic rings. The van der Waals surface area contributed by atoms with Crippen molar-refractivity contribution >= 4 is 29.0 Å². The first-order valence-electron chi connectivity index (χ1n) is 11.2. The Balaban J connectivity index is 1.57. The van der Waals surface area contributed by atoms with Crippen molar-refractivity contribution in [3.8, 4) is 0 Å². The molecule has 2 aromatic heterocycles. The number of nitrogens with one attached hydrogen (secondary N) is 1. The lowest BCUT2D eigenvalue weighted by Crippen LogP contribution is -2.43. The fraction of sp³-hybridized carbons (Fsp3) is 0.458. The lowest BCUT2D eigenvalue weighted by atomic mass is 9.86. The second kappa shape index (κ2) is 8.46. The van der Waals surface area contributed by atoms with Crippen molar-refractivity contribution in [2.75, 3.05) is 25.0 Å². The van der Waals surface area contributed by atoms with Gasteiger partial charge in [0.05, 0.1) is 5.41 Å². The van der Waals surface area contributed by atoms with E-state index in [9.17, 15) is 4.79 Å². The van der Waals surface area contributed by atoms with Crippen LogP contribution in [-0.2, 0) is 4.79 Å². The van der Waals surface area contributed by atoms with E-state index < -0.39 is 5.41 Å². The SMILES string of the molecule is C=C(C)N1CCC(N(C)c2nccn3nc(N=C(C)/C=C4/NC(=O)C(C)(C)C4=C)nc23)CC1. The van der Waals surface area contributed by atoms with E-state index in [-0.39, 0.29) is 5.91 Å². The highest BCUT2D eigenvalue weighted by Gasteiger charge is 2.39. The summed E-state index contributed by atoms with van der Waals surface area (Å²) in [7, 11) is 2.06. The Morgan fingerprint density at radius 2 is 2.03 bits per heavy atom. The minimum atomic E-state index is -0.626. The Kier molecular flexibility index (Phi) is 5.82. The molecule has 0 aromatic carbocycles. The Hall–Kier alpha value is -3.49. The predicted octanol–water partition coefficient (Wildman–Crippen LogP) is 3.25. The molecule has 0 unspecified atom stereocenters. The highest BCUT2D eigenvalue weighted by atomic mass is 16.2. The van der Waals surface area contributed by atoms with Gasteiger partial charge in [0, 0.05) is 55.7 Å². The molecule has 4 rings (SSSR count). The molecule has 0 saturated carbocycles. The van der Waals surface area contributed by atoms with Gasteiger partial charge in [-0.1, -0.05) is 13.2 Å². The minimum absolute atomic E-state index is 0.0646. The van der Waals surface area contributed by atoms with Gasteiger partial charge in [0.25, 0.3) is 5.95 Å². The molecule has 2 aromatic rings. The van der Waals surface area contributed by atoms with Gasteiger partial charge in [0.1, 0.15) is 0 Å². The number of amides is 1. The van der Waals surface area contributed by atoms with E-state index in [0.29, 0.717) is 29.0 Å². The molecule has 2 saturated heterocycles. The third-order valence-electron chi connectivity index (χ3n) is 6.64. The Labute approximate surface area is 194 Å². The zero-order valence-corrected chi connectivity index (χ0v) is 20.1. The normalized spacial score (nSPS) is 20.6. The molecular formula is C24H32N8O. The van der Waals surface area contributed by atoms with Crippen molar-refractivity contribution in [2.45, 2.75) is 46.6 Å². The van der Waals surface area contributed by atoms with Crippen LogP contribution in [-0.4, -0.2) is 62.3 Å². The lowest BCUT2D eigenvalue weighted by Gasteiger charge is -2.38. The number of nitrogens with zero attached hydrogens (tertiary/aromatic N) is 7. The molecule has 1 N–H and O–H groups in total. The van der Waals surface area contributed by atoms with Gasteiger partial charge in [-0.3, -0.25) is 4.79 Å². The Bertz CT molecular complexity index is 1180. The van der Waals surface area contributed by atoms with Crippen LogP contribution >= 0.6 is 0 Å². The largest absolute Gasteiger partial charge is 0.375 e. The van der Waals surface area contributed by atoms with E-state index in [2.05, 4.69) is 62.3 Å². The highest BCUT2D eigenvalue weighted by molar-refractivity contribution is 5.99. The number of allylic oxidation sites excluding steroid dienone is 3. The molecule has 2 aliphatic heterocycles. The number of anilines is 1. The van der Waals surface area contributed by atoms with Crippen LogP contribution in [0.2, 0.25) is 0 Å². The summed E-state index contributed by atoms with van der Waals surface area (Å²) in [5, 5.41) is 7.38. The quantitative estimate of drug-likeness (QED) is 0.706. The maximum Gasteiger partial charge on any atom is 0.269 e. The molecule has 0 bridgehead atoms. The minimum Gasteiger partial charge on any atom is -0.375 e. The number of carbonyl (C=O) groups excluding carboxylic acids is 1. The lowest BCUT2D eigenvalue weighted by molar-refractivity contribution is -0.124. The van der Waals surface area contributed by atoms with Crippen LogP contribution in [0.15, 0.2) is 53.6 Å². The van der Waals surface area contributed by atoms with E-state index in [0.717, 1.165) is 43.0 Å². The van der Waals surface area contributed by atoms with Crippen LogP contribution < -0.4 is 10.2 Å². The molecule has 174 valence electrons. The standard InChI is InChI=1S/C24H32N8O/c1-15(2)31-11-8-18(9-12-31)30(7)20-21-28-23(29-32(21)13-10-25-20)26-16(3)14-19-17(4)24(5,6)22(33)27-19/h10,13-14,18H,1,4,8-9,11-12H2,2-3,5-7H3,(H,27,33)/b19-14+,26-16?. The Morgan fingerprint density at radius 1 is 1.33 bits per heavy atom. The summed E-state index contributed by atoms with van der Waals surface area (Å²) in [5.41, 5.74) is 3.26. The number of fused-ring (bicyclic) bond motifs is 1. The van der Waals surface area contributed by atoms with Crippen LogP contribution in [0.4, 0.5) is 11.8 Å². The molecule has 2 fully saturated rings. The second-order valence-corrected chi connectivity index (χ2v) is 9.36. The monoisotopic (exact) mass is 448 g/mol. The summed E-state index contributed by atoms with van der Waals surface area (Å²) in [4.78, 5) is 30.5. The maximum absolute atomic E-state index is 12.2. The molecule has 0 radical (unpaired) electrons. The maximum atomic E-state index is 12.2. The smallest absolute Gasteiger partial charge is 0.269 e. The van der Waals surface area contributed by atoms with Crippen LogP contribution in [0.25, 0.3) is 5.65 Å². The number of likely N-dealkylation sites (tertiary alicyclic amines) is 1. The van der Waals surface area contributed by atoms with Crippen molar-refractivity contribution in [1.29, 1.82) is 0 Å². The average Bonchev–Trinajstić information content (AvgIpc) is 3.26. The van der Waals surface area contributed by atoms with Gasteiger partial charge >= 0.3 is 0 Å². The highest BCUT2D eigenvalue weighted by Crippen LogP contribution is 2.35. The van der Waals surface area contributed by atoms with Crippen LogP contribution in [0.5, 0.6) is 0 Å². The van der Waals surface area contributed by atoms with Crippen LogP contribution in [0.1, 0.15) is 40.5 Å². The zero-order valence-electron chi connectivity index (χ0n) is 20.1. The van der Waals surface area contributed by atoms with E-state index >= 15 is 0 Å². The van der Waals surface area contributed by atoms with Crippen molar-refractivity contribution in [1.82, 2.24) is 29.8 Å². The number of carbonyl (C=O) groups is 1. The van der Waals surface area contributed by atoms with Crippen LogP contribution in [0.3, 0.4) is 0 Å². The van der Waals surface area contributed by atoms with E-state index in [1.165, 1.54) is 0 Å². The van der Waals surface area contributed by atoms with Gasteiger partial charge in [-0.15, -0.1) is 5.10 Å². The molecule has 33 heavy (non-hydrogen) atoms. The van der Waals surface area contributed by atoms with E-state index in [1.807, 2.05) is 20.8 Å². The molecule has 0 aliphatic carbocycles. The Morgan fingerprint density at radius 3 is 2.64 bits per heavy atom. The first-order valence-corrected chi connectivity index (χ1v) is 11.2. The summed E-state index contributed by atoms with van der Waals surface area (Å²) in [6, 6.07) is 0.370. The van der Waals surface area contributed by atoms with Gasteiger partial charge in [0.2, 0.25) is 5.91 Å². The number of piperidine rings is 1. The number of aliphatic imine (C=N–C) groups is 1. The number of rotatable bonds is 5. The summed E-state index contributed by atoms with van der Waals surface area (Å²) in [6.45, 7) is 17.7. The predicted molar refractivity (Wildman–Crippen MR) is 131 cm³/mol. The average molecular weight is 449 g/mol. The first-order chi connectivity index (χ1) is 15.6. The topological polar surface area (TPSA) is 91.0 Å². The number of hydrogen-bond acceptors (Lipinski definition) is 7. The second-order valence-electron chi connectivity index (χ2n) is 9.36. The van der Waals surface area contributed by atoms with E-state index in [4.69, 9.17) is 0 Å². The van der Waals surface area contributed by atoms with Crippen molar-refractivity contribution in [3.05, 3.63) is 48.6 Å². The first kappa shape index (κ1) is 22.7. The fourth-order valence-electron chi connectivity index (χ4n) is 4.25. The van der Waals surface area contributed by atoms with Crippen LogP contribution in [0, 0.1) is 5.41 Å². The number of hydrogen-bond donors (Lipinski definition) is 1. The number of aromatic nitrogens is 4. The van der Waals surface area contributed by atoms with Crippen molar-refractivity contribution < 1.29 is 4.79 Å². The fourth-order valence-corrected chi connectivity index (χ4v) is 4.25.